The Kier molecular flexibility index (Phi) is 4.48. The molecule has 1 saturated carbocycles. The summed E-state index contributed by atoms with van der Waals surface area (Å²) in [5, 5.41) is 10.8. The molecule has 0 aliphatic heterocycles. The average molecular weight is 411 g/mol. The van der Waals surface area contributed by atoms with Crippen LogP contribution in [0.25, 0.3) is 11.4 Å². The molecule has 146 valence electrons. The summed E-state index contributed by atoms with van der Waals surface area (Å²) in [7, 11) is -3.32. The molecule has 1 aliphatic carbocycles. The number of nitrogens with zero attached hydrogens (tertiary/aromatic N) is 3. The van der Waals surface area contributed by atoms with Crippen molar-refractivity contribution >= 4 is 38.9 Å². The molecule has 1 aromatic carbocycles. The van der Waals surface area contributed by atoms with Gasteiger partial charge in [-0.1, -0.05) is 11.6 Å². The normalized spacial score (nSPS) is 14.1. The summed E-state index contributed by atoms with van der Waals surface area (Å²) < 4.78 is 25.0. The van der Waals surface area contributed by atoms with E-state index in [0.29, 0.717) is 34.1 Å². The molecule has 0 radical (unpaired) electrons. The Labute approximate surface area is 165 Å². The molecule has 2 heterocycles. The second-order valence-electron chi connectivity index (χ2n) is 6.45. The first kappa shape index (κ1) is 17.7. The fourth-order valence-electron chi connectivity index (χ4n) is 2.62. The standard InChI is InChI=1S/C17H17ClN6O2S.3H2/c1-27(25,26)24-12-6-4-11(5-7-12)16-19-9-13(18)17(21-16)20-15-8-14(22-23-15)10-2-3-10;;;/h4-10,24H,2-3H2,1H3,(H2,19,20,21,22,23);3*1H. The minimum absolute atomic E-state index is 0. The van der Waals surface area contributed by atoms with Gasteiger partial charge < -0.3 is 5.32 Å². The summed E-state index contributed by atoms with van der Waals surface area (Å²) in [5.41, 5.74) is 2.31. The molecule has 0 unspecified atom stereocenters. The van der Waals surface area contributed by atoms with Gasteiger partial charge in [0.05, 0.1) is 12.5 Å². The van der Waals surface area contributed by atoms with Gasteiger partial charge in [-0.25, -0.2) is 18.4 Å². The number of sulfonamides is 1. The number of benzene rings is 1. The Morgan fingerprint density at radius 1 is 1.26 bits per heavy atom. The molecule has 8 nitrogen and oxygen atoms in total. The zero-order valence-corrected chi connectivity index (χ0v) is 16.0. The largest absolute Gasteiger partial charge is 0.322 e. The SMILES string of the molecule is CS(=O)(=O)Nc1ccc(-c2ncc(Cl)c(Nc3cc(C4CC4)[nH]n3)n2)cc1.[HH].[HH].[HH]. The molecule has 0 amide bonds. The second kappa shape index (κ2) is 6.82. The van der Waals surface area contributed by atoms with E-state index in [0.717, 1.165) is 17.5 Å². The van der Waals surface area contributed by atoms with Crippen LogP contribution in [0.15, 0.2) is 36.5 Å². The third kappa shape index (κ3) is 4.37. The molecule has 10 heteroatoms. The number of nitrogens with one attached hydrogen (secondary N) is 3. The Morgan fingerprint density at radius 2 is 2.00 bits per heavy atom. The van der Waals surface area contributed by atoms with E-state index in [1.807, 2.05) is 6.07 Å². The average Bonchev–Trinajstić information content (AvgIpc) is 3.36. The van der Waals surface area contributed by atoms with Crippen LogP contribution >= 0.6 is 11.6 Å². The molecule has 4 rings (SSSR count). The lowest BCUT2D eigenvalue weighted by atomic mass is 10.2. The number of rotatable bonds is 6. The number of aromatic nitrogens is 4. The van der Waals surface area contributed by atoms with Gasteiger partial charge in [-0.2, -0.15) is 5.10 Å². The Balaban J connectivity index is 0.00000150. The van der Waals surface area contributed by atoms with Crippen molar-refractivity contribution in [3.63, 3.8) is 0 Å². The zero-order chi connectivity index (χ0) is 19.0. The first-order chi connectivity index (χ1) is 12.9. The van der Waals surface area contributed by atoms with Crippen LogP contribution in [0.5, 0.6) is 0 Å². The third-order valence-corrected chi connectivity index (χ3v) is 4.93. The van der Waals surface area contributed by atoms with Gasteiger partial charge in [-0.05, 0) is 37.1 Å². The molecule has 0 bridgehead atoms. The summed E-state index contributed by atoms with van der Waals surface area (Å²) in [4.78, 5) is 8.71. The van der Waals surface area contributed by atoms with Crippen LogP contribution in [0.1, 0.15) is 28.7 Å². The van der Waals surface area contributed by atoms with Gasteiger partial charge in [0.1, 0.15) is 5.02 Å². The van der Waals surface area contributed by atoms with Crippen molar-refractivity contribution in [2.45, 2.75) is 18.8 Å². The highest BCUT2D eigenvalue weighted by atomic mass is 35.5. The molecule has 2 aromatic heterocycles. The molecule has 3 aromatic rings. The van der Waals surface area contributed by atoms with Crippen LogP contribution in [0.2, 0.25) is 5.02 Å². The lowest BCUT2D eigenvalue weighted by Gasteiger charge is -2.08. The number of hydrogen-bond donors (Lipinski definition) is 3. The van der Waals surface area contributed by atoms with E-state index in [-0.39, 0.29) is 4.28 Å². The van der Waals surface area contributed by atoms with Crippen LogP contribution in [0.4, 0.5) is 17.3 Å². The maximum atomic E-state index is 11.3. The van der Waals surface area contributed by atoms with Crippen LogP contribution in [-0.2, 0) is 10.0 Å². The number of aromatic amines is 1. The Hall–Kier alpha value is -2.65. The predicted molar refractivity (Wildman–Crippen MR) is 111 cm³/mol. The van der Waals surface area contributed by atoms with Gasteiger partial charge in [0.2, 0.25) is 10.0 Å². The Bertz CT molecular complexity index is 1090. The van der Waals surface area contributed by atoms with E-state index in [1.54, 1.807) is 24.3 Å². The van der Waals surface area contributed by atoms with E-state index in [9.17, 15) is 8.42 Å². The molecule has 0 atom stereocenters. The van der Waals surface area contributed by atoms with E-state index in [1.165, 1.54) is 19.0 Å². The molecule has 0 spiro atoms. The quantitative estimate of drug-likeness (QED) is 0.559. The number of H-pyrrole nitrogens is 1. The summed E-state index contributed by atoms with van der Waals surface area (Å²) in [6.45, 7) is 0. The number of halogens is 1. The van der Waals surface area contributed by atoms with Crippen LogP contribution in [-0.4, -0.2) is 34.8 Å². The lowest BCUT2D eigenvalue weighted by Crippen LogP contribution is -2.09. The minimum atomic E-state index is -3.32. The van der Waals surface area contributed by atoms with Gasteiger partial charge in [0, 0.05) is 33.2 Å². The predicted octanol–water partition coefficient (Wildman–Crippen LogP) is 4.25. The molecule has 0 saturated heterocycles. The van der Waals surface area contributed by atoms with Crippen molar-refractivity contribution in [3.8, 4) is 11.4 Å². The molecular formula is C17H23ClN6O2S. The second-order valence-corrected chi connectivity index (χ2v) is 8.61. The maximum Gasteiger partial charge on any atom is 0.229 e. The lowest BCUT2D eigenvalue weighted by molar-refractivity contribution is 0.607. The summed E-state index contributed by atoms with van der Waals surface area (Å²) in [6, 6.07) is 8.73. The van der Waals surface area contributed by atoms with Crippen LogP contribution < -0.4 is 10.0 Å². The van der Waals surface area contributed by atoms with E-state index >= 15 is 0 Å². The highest BCUT2D eigenvalue weighted by Crippen LogP contribution is 2.39. The molecule has 3 N–H and O–H groups in total. The van der Waals surface area contributed by atoms with E-state index in [2.05, 4.69) is 30.2 Å². The van der Waals surface area contributed by atoms with Crippen molar-refractivity contribution in [2.75, 3.05) is 16.3 Å². The minimum Gasteiger partial charge on any atom is -0.322 e. The summed E-state index contributed by atoms with van der Waals surface area (Å²) in [6.07, 6.45) is 4.99. The first-order valence-electron chi connectivity index (χ1n) is 8.30. The van der Waals surface area contributed by atoms with Crippen molar-refractivity contribution in [3.05, 3.63) is 47.2 Å². The fourth-order valence-corrected chi connectivity index (χ4v) is 3.32. The van der Waals surface area contributed by atoms with Gasteiger partial charge >= 0.3 is 0 Å². The maximum absolute atomic E-state index is 11.3. The van der Waals surface area contributed by atoms with Gasteiger partial charge in [0.25, 0.3) is 0 Å². The number of hydrogen-bond acceptors (Lipinski definition) is 6. The van der Waals surface area contributed by atoms with Crippen molar-refractivity contribution in [1.29, 1.82) is 0 Å². The summed E-state index contributed by atoms with van der Waals surface area (Å²) >= 11 is 6.21. The monoisotopic (exact) mass is 410 g/mol. The fraction of sp³-hybridized carbons (Fsp3) is 0.235. The Morgan fingerprint density at radius 3 is 2.67 bits per heavy atom. The molecule has 1 aliphatic rings. The van der Waals surface area contributed by atoms with E-state index in [4.69, 9.17) is 11.6 Å². The first-order valence-corrected chi connectivity index (χ1v) is 10.6. The zero-order valence-electron chi connectivity index (χ0n) is 14.4. The van der Waals surface area contributed by atoms with Gasteiger partial charge in [0.15, 0.2) is 17.5 Å². The molecule has 1 fully saturated rings. The van der Waals surface area contributed by atoms with Crippen LogP contribution in [0, 0.1) is 0 Å². The topological polar surface area (TPSA) is 113 Å². The highest BCUT2D eigenvalue weighted by molar-refractivity contribution is 7.92. The van der Waals surface area contributed by atoms with E-state index < -0.39 is 10.0 Å². The molecule has 27 heavy (non-hydrogen) atoms. The molecular weight excluding hydrogens is 388 g/mol. The smallest absolute Gasteiger partial charge is 0.229 e. The van der Waals surface area contributed by atoms with Crippen LogP contribution in [0.3, 0.4) is 0 Å². The van der Waals surface area contributed by atoms with Crippen molar-refractivity contribution < 1.29 is 12.7 Å². The van der Waals surface area contributed by atoms with Gasteiger partial charge in [-0.3, -0.25) is 9.82 Å². The van der Waals surface area contributed by atoms with Gasteiger partial charge in [-0.15, -0.1) is 0 Å². The summed E-state index contributed by atoms with van der Waals surface area (Å²) in [5.74, 6) is 2.14. The van der Waals surface area contributed by atoms with Crippen molar-refractivity contribution in [2.24, 2.45) is 0 Å². The van der Waals surface area contributed by atoms with Crippen molar-refractivity contribution in [1.82, 2.24) is 20.2 Å². The number of anilines is 3. The third-order valence-electron chi connectivity index (χ3n) is 4.05. The highest BCUT2D eigenvalue weighted by Gasteiger charge is 2.25.